The number of aromatic nitrogens is 2. The molecule has 0 N–H and O–H groups in total. The number of aryl methyl sites for hydroxylation is 1. The minimum absolute atomic E-state index is 0.0647. The van der Waals surface area contributed by atoms with Crippen molar-refractivity contribution in [3.05, 3.63) is 65.0 Å². The van der Waals surface area contributed by atoms with Crippen LogP contribution in [-0.4, -0.2) is 21.9 Å². The number of carbonyl (C=O) groups is 1. The molecule has 25 heavy (non-hydrogen) atoms. The third-order valence-corrected chi connectivity index (χ3v) is 4.62. The fourth-order valence-corrected chi connectivity index (χ4v) is 2.93. The molecule has 3 aromatic rings. The lowest BCUT2D eigenvalue weighted by Gasteiger charge is -2.03. The molecule has 0 saturated carbocycles. The molecular formula is C18H15ClN2O3S. The molecule has 128 valence electrons. The molecule has 0 radical (unpaired) electrons. The van der Waals surface area contributed by atoms with Gasteiger partial charge in [0.15, 0.2) is 6.61 Å². The Morgan fingerprint density at radius 2 is 1.92 bits per heavy atom. The van der Waals surface area contributed by atoms with E-state index in [1.807, 2.05) is 43.3 Å². The molecule has 7 heteroatoms. The van der Waals surface area contributed by atoms with E-state index in [9.17, 15) is 4.79 Å². The number of hydrogen-bond donors (Lipinski definition) is 0. The monoisotopic (exact) mass is 374 g/mol. The quantitative estimate of drug-likeness (QED) is 0.466. The third kappa shape index (κ3) is 4.84. The van der Waals surface area contributed by atoms with E-state index in [4.69, 9.17) is 20.8 Å². The maximum Gasteiger partial charge on any atom is 0.316 e. The van der Waals surface area contributed by atoms with Crippen molar-refractivity contribution >= 4 is 29.3 Å². The number of benzene rings is 2. The second kappa shape index (κ2) is 8.18. The van der Waals surface area contributed by atoms with Crippen molar-refractivity contribution in [1.82, 2.24) is 10.2 Å². The summed E-state index contributed by atoms with van der Waals surface area (Å²) in [5.41, 5.74) is 1.82. The standard InChI is InChI=1S/C18H15ClN2O3S/c1-12-6-8-13(9-7-12)25-11-17(22)23-10-16-20-21-18(24-16)14-4-2-3-5-15(14)19/h2-9H,10-11H2,1H3. The average Bonchev–Trinajstić information content (AvgIpc) is 3.08. The van der Waals surface area contributed by atoms with Gasteiger partial charge >= 0.3 is 5.97 Å². The summed E-state index contributed by atoms with van der Waals surface area (Å²) in [5.74, 6) is 0.395. The molecule has 0 aliphatic rings. The lowest BCUT2D eigenvalue weighted by Crippen LogP contribution is -2.07. The van der Waals surface area contributed by atoms with E-state index < -0.39 is 0 Å². The van der Waals surface area contributed by atoms with E-state index in [1.165, 1.54) is 17.3 Å². The van der Waals surface area contributed by atoms with Crippen molar-refractivity contribution in [3.8, 4) is 11.5 Å². The van der Waals surface area contributed by atoms with Crippen molar-refractivity contribution in [3.63, 3.8) is 0 Å². The lowest BCUT2D eigenvalue weighted by atomic mass is 10.2. The third-order valence-electron chi connectivity index (χ3n) is 3.31. The molecule has 0 aliphatic carbocycles. The number of hydrogen-bond acceptors (Lipinski definition) is 6. The fourth-order valence-electron chi connectivity index (χ4n) is 2.02. The molecular weight excluding hydrogens is 360 g/mol. The lowest BCUT2D eigenvalue weighted by molar-refractivity contribution is -0.142. The van der Waals surface area contributed by atoms with Crippen LogP contribution < -0.4 is 0 Å². The van der Waals surface area contributed by atoms with E-state index >= 15 is 0 Å². The van der Waals surface area contributed by atoms with Gasteiger partial charge < -0.3 is 9.15 Å². The molecule has 0 bridgehead atoms. The van der Waals surface area contributed by atoms with E-state index in [0.717, 1.165) is 4.90 Å². The first-order valence-corrected chi connectivity index (χ1v) is 8.90. The van der Waals surface area contributed by atoms with Crippen LogP contribution in [-0.2, 0) is 16.1 Å². The zero-order valence-electron chi connectivity index (χ0n) is 13.4. The molecule has 0 atom stereocenters. The number of nitrogens with zero attached hydrogens (tertiary/aromatic N) is 2. The summed E-state index contributed by atoms with van der Waals surface area (Å²) in [6.45, 7) is 1.95. The van der Waals surface area contributed by atoms with Gasteiger partial charge in [-0.25, -0.2) is 0 Å². The van der Waals surface area contributed by atoms with Gasteiger partial charge in [0.2, 0.25) is 5.89 Å². The summed E-state index contributed by atoms with van der Waals surface area (Å²) in [6.07, 6.45) is 0. The van der Waals surface area contributed by atoms with Crippen LogP contribution in [0.1, 0.15) is 11.5 Å². The summed E-state index contributed by atoms with van der Waals surface area (Å²) in [4.78, 5) is 12.8. The van der Waals surface area contributed by atoms with Crippen LogP contribution in [0.4, 0.5) is 0 Å². The molecule has 0 amide bonds. The van der Waals surface area contributed by atoms with Gasteiger partial charge in [0, 0.05) is 4.90 Å². The molecule has 5 nitrogen and oxygen atoms in total. The van der Waals surface area contributed by atoms with Crippen molar-refractivity contribution < 1.29 is 13.9 Å². The predicted molar refractivity (Wildman–Crippen MR) is 96.4 cm³/mol. The SMILES string of the molecule is Cc1ccc(SCC(=O)OCc2nnc(-c3ccccc3Cl)o2)cc1. The largest absolute Gasteiger partial charge is 0.455 e. The first-order chi connectivity index (χ1) is 12.1. The summed E-state index contributed by atoms with van der Waals surface area (Å²) in [5, 5.41) is 8.32. The van der Waals surface area contributed by atoms with Crippen LogP contribution in [0, 0.1) is 6.92 Å². The highest BCUT2D eigenvalue weighted by atomic mass is 35.5. The Balaban J connectivity index is 1.51. The van der Waals surface area contributed by atoms with Gasteiger partial charge in [0.1, 0.15) is 0 Å². The normalized spacial score (nSPS) is 10.6. The molecule has 0 spiro atoms. The Morgan fingerprint density at radius 3 is 2.68 bits per heavy atom. The highest BCUT2D eigenvalue weighted by Crippen LogP contribution is 2.26. The molecule has 0 fully saturated rings. The Bertz CT molecular complexity index is 865. The van der Waals surface area contributed by atoms with Gasteiger partial charge in [-0.05, 0) is 31.2 Å². The molecule has 1 heterocycles. The van der Waals surface area contributed by atoms with E-state index in [1.54, 1.807) is 12.1 Å². The van der Waals surface area contributed by atoms with Crippen molar-refractivity contribution in [2.45, 2.75) is 18.4 Å². The zero-order valence-corrected chi connectivity index (χ0v) is 15.0. The van der Waals surface area contributed by atoms with Gasteiger partial charge in [-0.3, -0.25) is 4.79 Å². The summed E-state index contributed by atoms with van der Waals surface area (Å²) >= 11 is 7.51. The Hall–Kier alpha value is -2.31. The van der Waals surface area contributed by atoms with E-state index in [-0.39, 0.29) is 24.2 Å². The number of ether oxygens (including phenoxy) is 1. The van der Waals surface area contributed by atoms with Gasteiger partial charge in [-0.15, -0.1) is 22.0 Å². The van der Waals surface area contributed by atoms with Crippen LogP contribution in [0.5, 0.6) is 0 Å². The molecule has 2 aromatic carbocycles. The van der Waals surface area contributed by atoms with Crippen LogP contribution in [0.3, 0.4) is 0 Å². The van der Waals surface area contributed by atoms with E-state index in [2.05, 4.69) is 10.2 Å². The Morgan fingerprint density at radius 1 is 1.16 bits per heavy atom. The first-order valence-electron chi connectivity index (χ1n) is 7.54. The molecule has 0 aliphatic heterocycles. The fraction of sp³-hybridized carbons (Fsp3) is 0.167. The summed E-state index contributed by atoms with van der Waals surface area (Å²) in [7, 11) is 0. The smallest absolute Gasteiger partial charge is 0.316 e. The minimum Gasteiger partial charge on any atom is -0.455 e. The predicted octanol–water partition coefficient (Wildman–Crippen LogP) is 4.53. The van der Waals surface area contributed by atoms with Crippen LogP contribution >= 0.6 is 23.4 Å². The highest BCUT2D eigenvalue weighted by Gasteiger charge is 2.13. The second-order valence-electron chi connectivity index (χ2n) is 5.24. The molecule has 0 unspecified atom stereocenters. The number of rotatable bonds is 6. The topological polar surface area (TPSA) is 65.2 Å². The van der Waals surface area contributed by atoms with Crippen molar-refractivity contribution in [2.24, 2.45) is 0 Å². The zero-order chi connectivity index (χ0) is 17.6. The Kier molecular flexibility index (Phi) is 5.73. The van der Waals surface area contributed by atoms with E-state index in [0.29, 0.717) is 16.5 Å². The average molecular weight is 375 g/mol. The van der Waals surface area contributed by atoms with Gasteiger partial charge in [-0.1, -0.05) is 41.4 Å². The van der Waals surface area contributed by atoms with Crippen molar-refractivity contribution in [2.75, 3.05) is 5.75 Å². The van der Waals surface area contributed by atoms with Crippen molar-refractivity contribution in [1.29, 1.82) is 0 Å². The number of esters is 1. The molecule has 3 rings (SSSR count). The number of thioether (sulfide) groups is 1. The summed E-state index contributed by atoms with van der Waals surface area (Å²) < 4.78 is 10.7. The second-order valence-corrected chi connectivity index (χ2v) is 6.70. The first kappa shape index (κ1) is 17.5. The minimum atomic E-state index is -0.344. The van der Waals surface area contributed by atoms with Crippen LogP contribution in [0.25, 0.3) is 11.5 Å². The Labute approximate surface area is 154 Å². The highest BCUT2D eigenvalue weighted by molar-refractivity contribution is 8.00. The van der Waals surface area contributed by atoms with Gasteiger partial charge in [-0.2, -0.15) is 0 Å². The van der Waals surface area contributed by atoms with Crippen LogP contribution in [0.2, 0.25) is 5.02 Å². The molecule has 1 aromatic heterocycles. The molecule has 0 saturated heterocycles. The maximum atomic E-state index is 11.8. The number of halogens is 1. The summed E-state index contributed by atoms with van der Waals surface area (Å²) in [6, 6.07) is 15.1. The van der Waals surface area contributed by atoms with Crippen LogP contribution in [0.15, 0.2) is 57.8 Å². The van der Waals surface area contributed by atoms with Gasteiger partial charge in [0.25, 0.3) is 5.89 Å². The van der Waals surface area contributed by atoms with Gasteiger partial charge in [0.05, 0.1) is 16.3 Å². The number of carbonyl (C=O) groups excluding carboxylic acids is 1. The maximum absolute atomic E-state index is 11.8.